The molecular formula is C12H22N4O2S2. The molecule has 20 heavy (non-hydrogen) atoms. The van der Waals surface area contributed by atoms with E-state index in [1.54, 1.807) is 13.1 Å². The minimum atomic E-state index is -3.53. The van der Waals surface area contributed by atoms with Gasteiger partial charge in [0.2, 0.25) is 0 Å². The van der Waals surface area contributed by atoms with Gasteiger partial charge in [0.1, 0.15) is 5.82 Å². The lowest BCUT2D eigenvalue weighted by Gasteiger charge is -2.04. The second-order valence-corrected chi connectivity index (χ2v) is 6.88. The lowest BCUT2D eigenvalue weighted by atomic mass is 10.2. The van der Waals surface area contributed by atoms with E-state index in [1.807, 2.05) is 11.5 Å². The van der Waals surface area contributed by atoms with Gasteiger partial charge in [-0.2, -0.15) is 0 Å². The second kappa shape index (κ2) is 7.70. The van der Waals surface area contributed by atoms with Crippen molar-refractivity contribution >= 4 is 27.2 Å². The third kappa shape index (κ3) is 5.18. The first-order valence-corrected chi connectivity index (χ1v) is 8.57. The number of aromatic nitrogens is 2. The van der Waals surface area contributed by atoms with E-state index in [9.17, 15) is 8.42 Å². The number of nitrogens with two attached hydrogens (primary N) is 1. The molecule has 0 aliphatic carbocycles. The highest BCUT2D eigenvalue weighted by Crippen LogP contribution is 2.09. The lowest BCUT2D eigenvalue weighted by Crippen LogP contribution is -2.25. The molecule has 0 spiro atoms. The zero-order valence-electron chi connectivity index (χ0n) is 11.9. The van der Waals surface area contributed by atoms with Crippen molar-refractivity contribution in [3.8, 4) is 0 Å². The standard InChI is InChI=1S/C12H22N4O2S2/c1-3-8-16-9-12(15-10(16)2)20(17,18)14-7-5-4-6-11(13)19/h9,14H,3-8H2,1-2H3,(H2,13,19). The van der Waals surface area contributed by atoms with Crippen LogP contribution < -0.4 is 10.5 Å². The van der Waals surface area contributed by atoms with Crippen LogP contribution in [-0.2, 0) is 16.6 Å². The number of hydrogen-bond acceptors (Lipinski definition) is 4. The first-order chi connectivity index (χ1) is 9.36. The Hall–Kier alpha value is -0.990. The molecule has 114 valence electrons. The van der Waals surface area contributed by atoms with Gasteiger partial charge in [0.15, 0.2) is 5.03 Å². The number of imidazole rings is 1. The highest BCUT2D eigenvalue weighted by molar-refractivity contribution is 7.89. The molecule has 8 heteroatoms. The number of aryl methyl sites for hydroxylation is 2. The van der Waals surface area contributed by atoms with E-state index in [1.165, 1.54) is 0 Å². The van der Waals surface area contributed by atoms with E-state index in [0.717, 1.165) is 19.4 Å². The Morgan fingerprint density at radius 3 is 2.80 bits per heavy atom. The largest absolute Gasteiger partial charge is 0.393 e. The molecule has 0 aliphatic heterocycles. The molecule has 0 aliphatic rings. The van der Waals surface area contributed by atoms with E-state index in [-0.39, 0.29) is 5.03 Å². The summed E-state index contributed by atoms with van der Waals surface area (Å²) in [5, 5.41) is 0.0813. The average Bonchev–Trinajstić information content (AvgIpc) is 2.71. The first-order valence-electron chi connectivity index (χ1n) is 6.68. The van der Waals surface area contributed by atoms with Crippen LogP contribution in [-0.4, -0.2) is 29.5 Å². The Labute approximate surface area is 125 Å². The molecule has 1 aromatic heterocycles. The molecule has 6 nitrogen and oxygen atoms in total. The minimum Gasteiger partial charge on any atom is -0.393 e. The van der Waals surface area contributed by atoms with Gasteiger partial charge < -0.3 is 10.3 Å². The maximum absolute atomic E-state index is 12.1. The van der Waals surface area contributed by atoms with Crippen LogP contribution >= 0.6 is 12.2 Å². The van der Waals surface area contributed by atoms with Gasteiger partial charge in [-0.15, -0.1) is 0 Å². The van der Waals surface area contributed by atoms with Crippen molar-refractivity contribution in [1.29, 1.82) is 0 Å². The summed E-state index contributed by atoms with van der Waals surface area (Å²) in [4.78, 5) is 4.56. The smallest absolute Gasteiger partial charge is 0.259 e. The SMILES string of the molecule is CCCn1cc(S(=O)(=O)NCCCCC(N)=S)nc1C. The van der Waals surface area contributed by atoms with Crippen LogP contribution in [0.25, 0.3) is 0 Å². The van der Waals surface area contributed by atoms with Gasteiger partial charge in [-0.25, -0.2) is 18.1 Å². The number of nitrogens with one attached hydrogen (secondary N) is 1. The van der Waals surface area contributed by atoms with Crippen molar-refractivity contribution in [3.63, 3.8) is 0 Å². The monoisotopic (exact) mass is 318 g/mol. The molecule has 0 unspecified atom stereocenters. The molecule has 0 atom stereocenters. The number of rotatable bonds is 9. The average molecular weight is 318 g/mol. The fraction of sp³-hybridized carbons (Fsp3) is 0.667. The summed E-state index contributed by atoms with van der Waals surface area (Å²) in [5.41, 5.74) is 5.38. The Bertz CT molecular complexity index is 552. The number of unbranched alkanes of at least 4 members (excludes halogenated alkanes) is 1. The second-order valence-electron chi connectivity index (χ2n) is 4.64. The zero-order valence-corrected chi connectivity index (χ0v) is 13.6. The van der Waals surface area contributed by atoms with Gasteiger partial charge in [-0.05, 0) is 32.6 Å². The molecule has 0 bridgehead atoms. The van der Waals surface area contributed by atoms with Crippen molar-refractivity contribution in [2.45, 2.75) is 51.1 Å². The Morgan fingerprint density at radius 2 is 2.20 bits per heavy atom. The van der Waals surface area contributed by atoms with Crippen LogP contribution in [0.3, 0.4) is 0 Å². The number of nitrogens with zero attached hydrogens (tertiary/aromatic N) is 2. The fourth-order valence-electron chi connectivity index (χ4n) is 1.78. The molecular weight excluding hydrogens is 296 g/mol. The van der Waals surface area contributed by atoms with Crippen molar-refractivity contribution in [2.24, 2.45) is 5.73 Å². The number of thiocarbonyl (C=S) groups is 1. The van der Waals surface area contributed by atoms with Gasteiger partial charge >= 0.3 is 0 Å². The number of sulfonamides is 1. The number of hydrogen-bond donors (Lipinski definition) is 2. The van der Waals surface area contributed by atoms with Crippen LogP contribution in [0, 0.1) is 6.92 Å². The molecule has 0 fully saturated rings. The summed E-state index contributed by atoms with van der Waals surface area (Å²) in [6.07, 6.45) is 4.63. The van der Waals surface area contributed by atoms with Crippen molar-refractivity contribution in [2.75, 3.05) is 6.54 Å². The molecule has 0 amide bonds. The van der Waals surface area contributed by atoms with Gasteiger partial charge in [0, 0.05) is 19.3 Å². The minimum absolute atomic E-state index is 0.0813. The first kappa shape index (κ1) is 17.1. The third-order valence-corrected chi connectivity index (χ3v) is 4.37. The highest BCUT2D eigenvalue weighted by atomic mass is 32.2. The van der Waals surface area contributed by atoms with Crippen LogP contribution in [0.1, 0.15) is 38.4 Å². The normalized spacial score (nSPS) is 11.7. The maximum Gasteiger partial charge on any atom is 0.259 e. The van der Waals surface area contributed by atoms with Crippen LogP contribution in [0.4, 0.5) is 0 Å². The van der Waals surface area contributed by atoms with Gasteiger partial charge in [-0.3, -0.25) is 0 Å². The van der Waals surface area contributed by atoms with Crippen LogP contribution in [0.2, 0.25) is 0 Å². The molecule has 1 aromatic rings. The molecule has 0 aromatic carbocycles. The Kier molecular flexibility index (Phi) is 6.57. The lowest BCUT2D eigenvalue weighted by molar-refractivity contribution is 0.574. The zero-order chi connectivity index (χ0) is 15.2. The Balaban J connectivity index is 2.56. The summed E-state index contributed by atoms with van der Waals surface area (Å²) in [6, 6.07) is 0. The van der Waals surface area contributed by atoms with Gasteiger partial charge in [0.05, 0.1) is 4.99 Å². The predicted octanol–water partition coefficient (Wildman–Crippen LogP) is 1.34. The predicted molar refractivity (Wildman–Crippen MR) is 83.1 cm³/mol. The summed E-state index contributed by atoms with van der Waals surface area (Å²) in [7, 11) is -3.53. The summed E-state index contributed by atoms with van der Waals surface area (Å²) >= 11 is 4.76. The molecule has 0 saturated carbocycles. The molecule has 1 heterocycles. The summed E-state index contributed by atoms with van der Waals surface area (Å²) < 4.78 is 28.5. The van der Waals surface area contributed by atoms with E-state index in [2.05, 4.69) is 9.71 Å². The molecule has 0 radical (unpaired) electrons. The summed E-state index contributed by atoms with van der Waals surface area (Å²) in [6.45, 7) is 4.97. The van der Waals surface area contributed by atoms with Crippen molar-refractivity contribution < 1.29 is 8.42 Å². The topological polar surface area (TPSA) is 90.0 Å². The van der Waals surface area contributed by atoms with E-state index >= 15 is 0 Å². The van der Waals surface area contributed by atoms with Crippen molar-refractivity contribution in [3.05, 3.63) is 12.0 Å². The Morgan fingerprint density at radius 1 is 1.50 bits per heavy atom. The quantitative estimate of drug-likeness (QED) is 0.530. The molecule has 3 N–H and O–H groups in total. The summed E-state index contributed by atoms with van der Waals surface area (Å²) in [5.74, 6) is 0.709. The van der Waals surface area contributed by atoms with Crippen LogP contribution in [0.5, 0.6) is 0 Å². The van der Waals surface area contributed by atoms with Gasteiger partial charge in [-0.1, -0.05) is 19.1 Å². The van der Waals surface area contributed by atoms with E-state index in [4.69, 9.17) is 18.0 Å². The maximum atomic E-state index is 12.1. The fourth-order valence-corrected chi connectivity index (χ4v) is 3.00. The highest BCUT2D eigenvalue weighted by Gasteiger charge is 2.18. The molecule has 1 rings (SSSR count). The molecule has 0 saturated heterocycles. The van der Waals surface area contributed by atoms with Gasteiger partial charge in [0.25, 0.3) is 10.0 Å². The third-order valence-electron chi connectivity index (χ3n) is 2.84. The van der Waals surface area contributed by atoms with E-state index in [0.29, 0.717) is 30.2 Å². The van der Waals surface area contributed by atoms with Crippen molar-refractivity contribution in [1.82, 2.24) is 14.3 Å². The van der Waals surface area contributed by atoms with E-state index < -0.39 is 10.0 Å². The van der Waals surface area contributed by atoms with Crippen LogP contribution in [0.15, 0.2) is 11.2 Å².